The smallest absolute Gasteiger partial charge is 0.166 e. The molecule has 1 saturated heterocycles. The summed E-state index contributed by atoms with van der Waals surface area (Å²) in [5.74, 6) is 1.17. The first-order chi connectivity index (χ1) is 14.5. The van der Waals surface area contributed by atoms with Gasteiger partial charge in [0.25, 0.3) is 0 Å². The summed E-state index contributed by atoms with van der Waals surface area (Å²) in [7, 11) is 1.51. The van der Waals surface area contributed by atoms with Gasteiger partial charge in [0.1, 0.15) is 18.5 Å². The molecule has 1 heterocycles. The lowest BCUT2D eigenvalue weighted by Gasteiger charge is -2.40. The Labute approximate surface area is 178 Å². The highest BCUT2D eigenvalue weighted by atomic mass is 16.5. The standard InChI is InChI=1S/C24H32N2O4/c1-17-6-4-7-18(2)26(17)15-21(27)16-30-22-12-10-20(11-13-22)25-14-19-8-5-9-23(29-3)24(19)28/h5,8-14,17-18,21,27-28H,4,6-7,15-16H2,1-3H3/t17-,18+,21-/m0/s1. The van der Waals surface area contributed by atoms with Gasteiger partial charge in [0.15, 0.2) is 11.5 Å². The molecule has 2 N–H and O–H groups in total. The quantitative estimate of drug-likeness (QED) is 0.637. The average Bonchev–Trinajstić information content (AvgIpc) is 2.75. The van der Waals surface area contributed by atoms with E-state index < -0.39 is 6.10 Å². The third kappa shape index (κ3) is 5.74. The largest absolute Gasteiger partial charge is 0.504 e. The van der Waals surface area contributed by atoms with Crippen molar-refractivity contribution in [2.45, 2.75) is 51.3 Å². The maximum Gasteiger partial charge on any atom is 0.166 e. The number of aromatic hydroxyl groups is 1. The number of ether oxygens (including phenoxy) is 2. The maximum atomic E-state index is 10.4. The maximum absolute atomic E-state index is 10.4. The molecule has 0 aromatic heterocycles. The zero-order chi connectivity index (χ0) is 21.5. The third-order valence-electron chi connectivity index (χ3n) is 5.68. The van der Waals surface area contributed by atoms with Gasteiger partial charge in [-0.15, -0.1) is 0 Å². The Hall–Kier alpha value is -2.57. The Morgan fingerprint density at radius 1 is 1.13 bits per heavy atom. The second kappa shape index (κ2) is 10.5. The molecule has 0 spiro atoms. The molecule has 0 bridgehead atoms. The van der Waals surface area contributed by atoms with Crippen molar-refractivity contribution < 1.29 is 19.7 Å². The van der Waals surface area contributed by atoms with Crippen LogP contribution in [0.3, 0.4) is 0 Å². The van der Waals surface area contributed by atoms with Crippen molar-refractivity contribution in [3.8, 4) is 17.2 Å². The van der Waals surface area contributed by atoms with Crippen molar-refractivity contribution >= 4 is 11.9 Å². The lowest BCUT2D eigenvalue weighted by atomic mass is 9.97. The van der Waals surface area contributed by atoms with E-state index in [1.807, 2.05) is 24.3 Å². The summed E-state index contributed by atoms with van der Waals surface area (Å²) in [6, 6.07) is 13.6. The molecule has 1 aliphatic rings. The molecule has 162 valence electrons. The van der Waals surface area contributed by atoms with Crippen LogP contribution in [0.2, 0.25) is 0 Å². The average molecular weight is 413 g/mol. The highest BCUT2D eigenvalue weighted by molar-refractivity contribution is 5.86. The van der Waals surface area contributed by atoms with Gasteiger partial charge < -0.3 is 19.7 Å². The van der Waals surface area contributed by atoms with Gasteiger partial charge in [0, 0.05) is 30.4 Å². The van der Waals surface area contributed by atoms with Crippen LogP contribution < -0.4 is 9.47 Å². The van der Waals surface area contributed by atoms with Crippen molar-refractivity contribution in [3.63, 3.8) is 0 Å². The van der Waals surface area contributed by atoms with Crippen LogP contribution >= 0.6 is 0 Å². The molecular weight excluding hydrogens is 380 g/mol. The molecule has 2 aromatic carbocycles. The van der Waals surface area contributed by atoms with Crippen molar-refractivity contribution in [2.75, 3.05) is 20.3 Å². The number of benzene rings is 2. The van der Waals surface area contributed by atoms with Gasteiger partial charge in [-0.3, -0.25) is 9.89 Å². The van der Waals surface area contributed by atoms with E-state index in [9.17, 15) is 10.2 Å². The van der Waals surface area contributed by atoms with Crippen LogP contribution in [-0.4, -0.2) is 59.8 Å². The van der Waals surface area contributed by atoms with E-state index in [2.05, 4.69) is 23.7 Å². The number of aliphatic hydroxyl groups is 1. The summed E-state index contributed by atoms with van der Waals surface area (Å²) < 4.78 is 10.9. The third-order valence-corrected chi connectivity index (χ3v) is 5.68. The number of para-hydroxylation sites is 1. The van der Waals surface area contributed by atoms with Crippen LogP contribution in [0.25, 0.3) is 0 Å². The second-order valence-corrected chi connectivity index (χ2v) is 7.94. The normalized spacial score (nSPS) is 20.9. The van der Waals surface area contributed by atoms with Crippen LogP contribution in [0, 0.1) is 0 Å². The molecule has 3 atom stereocenters. The summed E-state index contributed by atoms with van der Waals surface area (Å²) in [6.45, 7) is 5.35. The van der Waals surface area contributed by atoms with E-state index in [0.29, 0.717) is 35.7 Å². The Morgan fingerprint density at radius 2 is 1.83 bits per heavy atom. The zero-order valence-electron chi connectivity index (χ0n) is 18.0. The predicted molar refractivity (Wildman–Crippen MR) is 119 cm³/mol. The molecule has 0 amide bonds. The summed E-state index contributed by atoms with van der Waals surface area (Å²) in [5.41, 5.74) is 1.32. The van der Waals surface area contributed by atoms with E-state index in [1.54, 1.807) is 24.4 Å². The number of piperidine rings is 1. The first-order valence-corrected chi connectivity index (χ1v) is 10.5. The molecule has 6 heteroatoms. The van der Waals surface area contributed by atoms with E-state index in [4.69, 9.17) is 9.47 Å². The van der Waals surface area contributed by atoms with Crippen molar-refractivity contribution in [3.05, 3.63) is 48.0 Å². The molecule has 1 fully saturated rings. The molecular formula is C24H32N2O4. The number of methoxy groups -OCH3 is 1. The van der Waals surface area contributed by atoms with Gasteiger partial charge in [-0.1, -0.05) is 12.5 Å². The minimum Gasteiger partial charge on any atom is -0.504 e. The Balaban J connectivity index is 1.52. The van der Waals surface area contributed by atoms with Gasteiger partial charge in [-0.05, 0) is 63.1 Å². The fraction of sp³-hybridized carbons (Fsp3) is 0.458. The molecule has 0 unspecified atom stereocenters. The number of phenols is 1. The van der Waals surface area contributed by atoms with Gasteiger partial charge in [-0.2, -0.15) is 0 Å². The molecule has 2 aromatic rings. The molecule has 30 heavy (non-hydrogen) atoms. The Bertz CT molecular complexity index is 828. The molecule has 0 saturated carbocycles. The van der Waals surface area contributed by atoms with E-state index >= 15 is 0 Å². The van der Waals surface area contributed by atoms with Gasteiger partial charge in [-0.25, -0.2) is 0 Å². The number of likely N-dealkylation sites (tertiary alicyclic amines) is 1. The number of phenolic OH excluding ortho intramolecular Hbond substituents is 1. The van der Waals surface area contributed by atoms with E-state index in [0.717, 1.165) is 5.69 Å². The molecule has 0 radical (unpaired) electrons. The van der Waals surface area contributed by atoms with Crippen molar-refractivity contribution in [2.24, 2.45) is 4.99 Å². The topological polar surface area (TPSA) is 74.5 Å². The minimum absolute atomic E-state index is 0.0648. The first kappa shape index (κ1) is 22.1. The van der Waals surface area contributed by atoms with E-state index in [1.165, 1.54) is 26.4 Å². The van der Waals surface area contributed by atoms with Gasteiger partial charge in [0.05, 0.1) is 12.8 Å². The predicted octanol–water partition coefficient (Wildman–Crippen LogP) is 4.15. The molecule has 0 aliphatic carbocycles. The summed E-state index contributed by atoms with van der Waals surface area (Å²) >= 11 is 0. The van der Waals surface area contributed by atoms with Gasteiger partial charge >= 0.3 is 0 Å². The fourth-order valence-electron chi connectivity index (χ4n) is 3.90. The highest BCUT2D eigenvalue weighted by Gasteiger charge is 2.26. The Morgan fingerprint density at radius 3 is 2.50 bits per heavy atom. The van der Waals surface area contributed by atoms with Crippen LogP contribution in [0.4, 0.5) is 5.69 Å². The number of hydrogen-bond donors (Lipinski definition) is 2. The first-order valence-electron chi connectivity index (χ1n) is 10.5. The van der Waals surface area contributed by atoms with Gasteiger partial charge in [0.2, 0.25) is 0 Å². The minimum atomic E-state index is -0.526. The summed E-state index contributed by atoms with van der Waals surface area (Å²) in [6.07, 6.45) is 4.71. The van der Waals surface area contributed by atoms with Crippen molar-refractivity contribution in [1.82, 2.24) is 4.90 Å². The fourth-order valence-corrected chi connectivity index (χ4v) is 3.90. The molecule has 3 rings (SSSR count). The van der Waals surface area contributed by atoms with Crippen molar-refractivity contribution in [1.29, 1.82) is 0 Å². The van der Waals surface area contributed by atoms with Crippen LogP contribution in [0.5, 0.6) is 17.2 Å². The Kier molecular flexibility index (Phi) is 7.71. The summed E-state index contributed by atoms with van der Waals surface area (Å²) in [4.78, 5) is 6.77. The molecule has 6 nitrogen and oxygen atoms in total. The number of β-amino-alcohol motifs (C(OH)–C–C–N with tert-alkyl or cyclic N) is 1. The lowest BCUT2D eigenvalue weighted by molar-refractivity contribution is 0.0209. The van der Waals surface area contributed by atoms with E-state index in [-0.39, 0.29) is 12.4 Å². The van der Waals surface area contributed by atoms with Crippen LogP contribution in [-0.2, 0) is 0 Å². The number of aliphatic imine (C=N–C) groups is 1. The monoisotopic (exact) mass is 412 g/mol. The number of hydrogen-bond acceptors (Lipinski definition) is 6. The second-order valence-electron chi connectivity index (χ2n) is 7.94. The zero-order valence-corrected chi connectivity index (χ0v) is 18.0. The number of aliphatic hydroxyl groups excluding tert-OH is 1. The SMILES string of the molecule is COc1cccc(C=Nc2ccc(OC[C@@H](O)CN3[C@H](C)CCC[C@@H]3C)cc2)c1O. The highest BCUT2D eigenvalue weighted by Crippen LogP contribution is 2.29. The number of nitrogens with zero attached hydrogens (tertiary/aromatic N) is 2. The molecule has 1 aliphatic heterocycles. The lowest BCUT2D eigenvalue weighted by Crippen LogP contribution is -2.48. The summed E-state index contributed by atoms with van der Waals surface area (Å²) in [5, 5.41) is 20.5. The van der Waals surface area contributed by atoms with Crippen LogP contribution in [0.1, 0.15) is 38.7 Å². The van der Waals surface area contributed by atoms with Crippen LogP contribution in [0.15, 0.2) is 47.5 Å². The number of rotatable bonds is 8.